The number of rotatable bonds is 3. The number of nitrogens with zero attached hydrogens (tertiary/aromatic N) is 2. The number of hydrogen-bond donors (Lipinski definition) is 1. The van der Waals surface area contributed by atoms with E-state index in [0.29, 0.717) is 17.5 Å². The van der Waals surface area contributed by atoms with Crippen molar-refractivity contribution in [2.45, 2.75) is 11.3 Å². The zero-order valence-corrected chi connectivity index (χ0v) is 12.8. The number of benzene rings is 1. The number of nitrogens with one attached hydrogen (secondary N) is 1. The molecular formula is C16H13N3O3S. The van der Waals surface area contributed by atoms with Gasteiger partial charge in [-0.05, 0) is 24.6 Å². The van der Waals surface area contributed by atoms with Crippen LogP contribution in [0.1, 0.15) is 6.42 Å². The maximum absolute atomic E-state index is 12.5. The molecule has 1 aliphatic heterocycles. The summed E-state index contributed by atoms with van der Waals surface area (Å²) in [6.45, 7) is 0. The van der Waals surface area contributed by atoms with Gasteiger partial charge in [-0.1, -0.05) is 30.4 Å². The lowest BCUT2D eigenvalue weighted by molar-refractivity contribution is 0.418. The molecule has 0 unspecified atom stereocenters. The van der Waals surface area contributed by atoms with Crippen molar-refractivity contribution in [1.29, 1.82) is 0 Å². The molecule has 1 N–H and O–H groups in total. The van der Waals surface area contributed by atoms with Crippen molar-refractivity contribution >= 4 is 21.9 Å². The van der Waals surface area contributed by atoms with E-state index in [4.69, 9.17) is 4.74 Å². The maximum atomic E-state index is 12.5. The summed E-state index contributed by atoms with van der Waals surface area (Å²) in [5, 5.41) is 5.58. The first-order valence-corrected chi connectivity index (χ1v) is 8.53. The van der Waals surface area contributed by atoms with Crippen LogP contribution in [0.15, 0.2) is 65.4 Å². The van der Waals surface area contributed by atoms with E-state index in [-0.39, 0.29) is 4.90 Å². The zero-order valence-electron chi connectivity index (χ0n) is 12.0. The van der Waals surface area contributed by atoms with Gasteiger partial charge in [0, 0.05) is 5.57 Å². The highest BCUT2D eigenvalue weighted by Gasteiger charge is 2.20. The topological polar surface area (TPSA) is 73.2 Å². The SMILES string of the molecule is O=S(=O)(Nn1ncc2c1=C1CC=CC=C1OC=2)c1ccccc1. The van der Waals surface area contributed by atoms with Gasteiger partial charge in [0.05, 0.1) is 16.3 Å². The predicted molar refractivity (Wildman–Crippen MR) is 85.3 cm³/mol. The molecular weight excluding hydrogens is 314 g/mol. The second-order valence-corrected chi connectivity index (χ2v) is 6.81. The van der Waals surface area contributed by atoms with Gasteiger partial charge in [0.1, 0.15) is 17.4 Å². The van der Waals surface area contributed by atoms with Gasteiger partial charge in [-0.25, -0.2) is 0 Å². The summed E-state index contributed by atoms with van der Waals surface area (Å²) in [6.07, 6.45) is 9.55. The summed E-state index contributed by atoms with van der Waals surface area (Å²) in [4.78, 5) is 3.98. The van der Waals surface area contributed by atoms with Crippen molar-refractivity contribution in [2.24, 2.45) is 0 Å². The Kier molecular flexibility index (Phi) is 3.09. The van der Waals surface area contributed by atoms with Crippen LogP contribution in [0.25, 0.3) is 11.8 Å². The lowest BCUT2D eigenvalue weighted by atomic mass is 10.0. The molecule has 0 fully saturated rings. The van der Waals surface area contributed by atoms with Gasteiger partial charge in [0.15, 0.2) is 0 Å². The van der Waals surface area contributed by atoms with Gasteiger partial charge in [-0.3, -0.25) is 0 Å². The quantitative estimate of drug-likeness (QED) is 0.895. The van der Waals surface area contributed by atoms with E-state index < -0.39 is 10.0 Å². The van der Waals surface area contributed by atoms with Crippen LogP contribution in [0.5, 0.6) is 0 Å². The number of aromatic nitrogens is 2. The first-order valence-electron chi connectivity index (χ1n) is 7.04. The van der Waals surface area contributed by atoms with Gasteiger partial charge < -0.3 is 4.74 Å². The second-order valence-electron chi connectivity index (χ2n) is 5.15. The van der Waals surface area contributed by atoms with E-state index in [9.17, 15) is 8.42 Å². The Labute approximate surface area is 132 Å². The summed E-state index contributed by atoms with van der Waals surface area (Å²) in [5.74, 6) is 0.709. The van der Waals surface area contributed by atoms with Crippen LogP contribution in [0.2, 0.25) is 0 Å². The lowest BCUT2D eigenvalue weighted by Crippen LogP contribution is -2.41. The van der Waals surface area contributed by atoms with E-state index in [2.05, 4.69) is 9.93 Å². The van der Waals surface area contributed by atoms with Crippen LogP contribution in [0.4, 0.5) is 0 Å². The average molecular weight is 327 g/mol. The van der Waals surface area contributed by atoms with Crippen molar-refractivity contribution in [3.63, 3.8) is 0 Å². The third kappa shape index (κ3) is 2.35. The number of hydrogen-bond acceptors (Lipinski definition) is 4. The van der Waals surface area contributed by atoms with Crippen LogP contribution >= 0.6 is 0 Å². The molecule has 2 aromatic rings. The van der Waals surface area contributed by atoms with E-state index in [1.54, 1.807) is 30.7 Å². The van der Waals surface area contributed by atoms with E-state index in [1.807, 2.05) is 18.2 Å². The molecule has 0 radical (unpaired) electrons. The number of allylic oxidation sites excluding steroid dienone is 4. The fourth-order valence-electron chi connectivity index (χ4n) is 2.58. The molecule has 0 saturated heterocycles. The molecule has 2 heterocycles. The van der Waals surface area contributed by atoms with E-state index in [0.717, 1.165) is 10.8 Å². The van der Waals surface area contributed by atoms with Crippen LogP contribution in [-0.2, 0) is 14.8 Å². The Balaban J connectivity index is 1.84. The second kappa shape index (κ2) is 5.13. The molecule has 2 aliphatic rings. The Morgan fingerprint density at radius 3 is 2.87 bits per heavy atom. The van der Waals surface area contributed by atoms with Crippen LogP contribution in [-0.4, -0.2) is 18.3 Å². The van der Waals surface area contributed by atoms with Gasteiger partial charge >= 0.3 is 0 Å². The highest BCUT2D eigenvalue weighted by atomic mass is 32.2. The first kappa shape index (κ1) is 13.8. The molecule has 0 spiro atoms. The Bertz CT molecular complexity index is 1050. The maximum Gasteiger partial charge on any atom is 0.276 e. The average Bonchev–Trinajstić information content (AvgIpc) is 2.98. The highest BCUT2D eigenvalue weighted by molar-refractivity contribution is 7.92. The first-order chi connectivity index (χ1) is 11.1. The molecule has 0 bridgehead atoms. The fraction of sp³-hybridized carbons (Fsp3) is 0.0625. The van der Waals surface area contributed by atoms with Gasteiger partial charge in [-0.2, -0.15) is 23.1 Å². The third-order valence-electron chi connectivity index (χ3n) is 3.66. The van der Waals surface area contributed by atoms with Crippen molar-refractivity contribution < 1.29 is 13.2 Å². The molecule has 23 heavy (non-hydrogen) atoms. The molecule has 1 aromatic carbocycles. The Hall–Kier alpha value is -2.80. The van der Waals surface area contributed by atoms with Crippen molar-refractivity contribution in [3.05, 3.63) is 71.1 Å². The molecule has 7 heteroatoms. The van der Waals surface area contributed by atoms with Crippen LogP contribution < -0.4 is 15.4 Å². The van der Waals surface area contributed by atoms with E-state index >= 15 is 0 Å². The van der Waals surface area contributed by atoms with Crippen LogP contribution in [0, 0.1) is 0 Å². The van der Waals surface area contributed by atoms with Crippen molar-refractivity contribution in [3.8, 4) is 0 Å². The molecule has 116 valence electrons. The number of fused-ring (bicyclic) bond motifs is 2. The molecule has 1 aromatic heterocycles. The third-order valence-corrected chi connectivity index (χ3v) is 4.97. The highest BCUT2D eigenvalue weighted by Crippen LogP contribution is 2.21. The monoisotopic (exact) mass is 327 g/mol. The molecule has 4 rings (SSSR count). The van der Waals surface area contributed by atoms with Gasteiger partial charge in [-0.15, -0.1) is 0 Å². The summed E-state index contributed by atoms with van der Waals surface area (Å²) >= 11 is 0. The normalized spacial score (nSPS) is 15.8. The van der Waals surface area contributed by atoms with Gasteiger partial charge in [0.25, 0.3) is 10.0 Å². The zero-order chi connectivity index (χ0) is 15.9. The fourth-order valence-corrected chi connectivity index (χ4v) is 3.57. The smallest absolute Gasteiger partial charge is 0.276 e. The molecule has 0 saturated carbocycles. The number of sulfonamides is 1. The van der Waals surface area contributed by atoms with Crippen molar-refractivity contribution in [1.82, 2.24) is 9.89 Å². The Morgan fingerprint density at radius 2 is 2.04 bits per heavy atom. The molecule has 6 nitrogen and oxygen atoms in total. The minimum atomic E-state index is -3.71. The summed E-state index contributed by atoms with van der Waals surface area (Å²) < 4.78 is 30.5. The summed E-state index contributed by atoms with van der Waals surface area (Å²) in [6, 6.07) is 8.19. The van der Waals surface area contributed by atoms with Gasteiger partial charge in [0.2, 0.25) is 0 Å². The predicted octanol–water partition coefficient (Wildman–Crippen LogP) is 0.578. The summed E-state index contributed by atoms with van der Waals surface area (Å²) in [5.41, 5.74) is 0.901. The molecule has 0 amide bonds. The standard InChI is InChI=1S/C16H13N3O3S/c20-23(21,13-6-2-1-3-7-13)18-19-16-12(10-17-19)11-22-15-9-5-4-8-14(15)16/h1-7,9-11,18H,8H2. The molecule has 1 aliphatic carbocycles. The lowest BCUT2D eigenvalue weighted by Gasteiger charge is -2.16. The Morgan fingerprint density at radius 1 is 1.22 bits per heavy atom. The number of ether oxygens (including phenoxy) is 1. The summed E-state index contributed by atoms with van der Waals surface area (Å²) in [7, 11) is -3.71. The largest absolute Gasteiger partial charge is 0.464 e. The minimum absolute atomic E-state index is 0.185. The van der Waals surface area contributed by atoms with E-state index in [1.165, 1.54) is 16.9 Å². The van der Waals surface area contributed by atoms with Crippen molar-refractivity contribution in [2.75, 3.05) is 4.83 Å². The minimum Gasteiger partial charge on any atom is -0.464 e. The van der Waals surface area contributed by atoms with Crippen LogP contribution in [0.3, 0.4) is 0 Å². The molecule has 0 atom stereocenters.